The van der Waals surface area contributed by atoms with E-state index in [2.05, 4.69) is 5.32 Å². The highest BCUT2D eigenvalue weighted by Gasteiger charge is 2.34. The zero-order valence-electron chi connectivity index (χ0n) is 12.1. The summed E-state index contributed by atoms with van der Waals surface area (Å²) < 4.78 is 0. The molecule has 0 heterocycles. The maximum Gasteiger partial charge on any atom is 0.303 e. The van der Waals surface area contributed by atoms with E-state index in [-0.39, 0.29) is 12.3 Å². The SMILES string of the molecule is CC(C)(CCC(=O)O)NC(=O)C(C)(N)c1ccccc1. The second-order valence-corrected chi connectivity index (χ2v) is 5.80. The van der Waals surface area contributed by atoms with Crippen LogP contribution in [0, 0.1) is 0 Å². The van der Waals surface area contributed by atoms with Gasteiger partial charge >= 0.3 is 5.97 Å². The number of nitrogens with one attached hydrogen (secondary N) is 1. The molecule has 5 nitrogen and oxygen atoms in total. The molecule has 0 aliphatic carbocycles. The average molecular weight is 278 g/mol. The zero-order valence-corrected chi connectivity index (χ0v) is 12.1. The minimum Gasteiger partial charge on any atom is -0.481 e. The van der Waals surface area contributed by atoms with Gasteiger partial charge < -0.3 is 16.2 Å². The predicted molar refractivity (Wildman–Crippen MR) is 77.1 cm³/mol. The Labute approximate surface area is 119 Å². The molecular formula is C15H22N2O3. The first-order chi connectivity index (χ1) is 9.15. The Kier molecular flexibility index (Phi) is 4.89. The maximum atomic E-state index is 12.3. The van der Waals surface area contributed by atoms with Gasteiger partial charge in [0.1, 0.15) is 5.54 Å². The highest BCUT2D eigenvalue weighted by atomic mass is 16.4. The molecule has 0 aliphatic rings. The molecule has 1 amide bonds. The number of nitrogens with two attached hydrogens (primary N) is 1. The van der Waals surface area contributed by atoms with E-state index in [1.165, 1.54) is 0 Å². The van der Waals surface area contributed by atoms with Gasteiger partial charge in [-0.1, -0.05) is 30.3 Å². The van der Waals surface area contributed by atoms with Gasteiger partial charge in [0.05, 0.1) is 0 Å². The molecule has 0 aromatic heterocycles. The normalized spacial score (nSPS) is 14.4. The number of carbonyl (C=O) groups is 2. The highest BCUT2D eigenvalue weighted by molar-refractivity contribution is 5.87. The van der Waals surface area contributed by atoms with E-state index in [1.54, 1.807) is 32.9 Å². The van der Waals surface area contributed by atoms with E-state index >= 15 is 0 Å². The van der Waals surface area contributed by atoms with Crippen molar-refractivity contribution < 1.29 is 14.7 Å². The Bertz CT molecular complexity index is 481. The average Bonchev–Trinajstić information content (AvgIpc) is 2.37. The predicted octanol–water partition coefficient (Wildman–Crippen LogP) is 1.62. The van der Waals surface area contributed by atoms with E-state index < -0.39 is 17.0 Å². The summed E-state index contributed by atoms with van der Waals surface area (Å²) in [6.45, 7) is 5.22. The summed E-state index contributed by atoms with van der Waals surface area (Å²) in [5, 5.41) is 11.5. The van der Waals surface area contributed by atoms with E-state index in [0.717, 1.165) is 0 Å². The third kappa shape index (κ3) is 4.35. The molecule has 110 valence electrons. The van der Waals surface area contributed by atoms with Crippen molar-refractivity contribution in [3.63, 3.8) is 0 Å². The van der Waals surface area contributed by atoms with Crippen LogP contribution in [0.15, 0.2) is 30.3 Å². The lowest BCUT2D eigenvalue weighted by atomic mass is 9.90. The third-order valence-corrected chi connectivity index (χ3v) is 3.26. The second kappa shape index (κ2) is 6.05. The van der Waals surface area contributed by atoms with Gasteiger partial charge in [0, 0.05) is 12.0 Å². The smallest absolute Gasteiger partial charge is 0.303 e. The van der Waals surface area contributed by atoms with Crippen molar-refractivity contribution in [3.05, 3.63) is 35.9 Å². The third-order valence-electron chi connectivity index (χ3n) is 3.26. The molecule has 0 saturated heterocycles. The van der Waals surface area contributed by atoms with Gasteiger partial charge in [-0.05, 0) is 32.8 Å². The van der Waals surface area contributed by atoms with Crippen LogP contribution in [0.5, 0.6) is 0 Å². The van der Waals surface area contributed by atoms with Crippen LogP contribution in [0.4, 0.5) is 0 Å². The molecule has 1 rings (SSSR count). The number of carboxylic acid groups (broad SMARTS) is 1. The van der Waals surface area contributed by atoms with Crippen molar-refractivity contribution in [3.8, 4) is 0 Å². The van der Waals surface area contributed by atoms with E-state index in [1.807, 2.05) is 18.2 Å². The van der Waals surface area contributed by atoms with Gasteiger partial charge in [-0.3, -0.25) is 9.59 Å². The van der Waals surface area contributed by atoms with Crippen LogP contribution in [0.25, 0.3) is 0 Å². The zero-order chi connectivity index (χ0) is 15.4. The lowest BCUT2D eigenvalue weighted by Crippen LogP contribution is -2.55. The number of rotatable bonds is 6. The largest absolute Gasteiger partial charge is 0.481 e. The van der Waals surface area contributed by atoms with Crippen molar-refractivity contribution in [2.45, 2.75) is 44.7 Å². The summed E-state index contributed by atoms with van der Waals surface area (Å²) >= 11 is 0. The molecule has 1 unspecified atom stereocenters. The summed E-state index contributed by atoms with van der Waals surface area (Å²) in [6, 6.07) is 9.09. The van der Waals surface area contributed by atoms with E-state index in [4.69, 9.17) is 10.8 Å². The van der Waals surface area contributed by atoms with Gasteiger partial charge in [0.2, 0.25) is 5.91 Å². The van der Waals surface area contributed by atoms with E-state index in [9.17, 15) is 9.59 Å². The molecule has 0 bridgehead atoms. The van der Waals surface area contributed by atoms with Crippen LogP contribution >= 0.6 is 0 Å². The molecule has 4 N–H and O–H groups in total. The molecule has 1 aromatic carbocycles. The topological polar surface area (TPSA) is 92.4 Å². The first kappa shape index (κ1) is 16.2. The first-order valence-electron chi connectivity index (χ1n) is 6.54. The Hall–Kier alpha value is -1.88. The molecule has 0 saturated carbocycles. The summed E-state index contributed by atoms with van der Waals surface area (Å²) in [7, 11) is 0. The van der Waals surface area contributed by atoms with Gasteiger partial charge in [0.25, 0.3) is 0 Å². The number of carboxylic acids is 1. The first-order valence-corrected chi connectivity index (χ1v) is 6.54. The van der Waals surface area contributed by atoms with Gasteiger partial charge in [-0.2, -0.15) is 0 Å². The summed E-state index contributed by atoms with van der Waals surface area (Å²) in [4.78, 5) is 23.0. The van der Waals surface area contributed by atoms with Crippen LogP contribution in [-0.2, 0) is 15.1 Å². The molecule has 5 heteroatoms. The fraction of sp³-hybridized carbons (Fsp3) is 0.467. The molecule has 0 aliphatic heterocycles. The number of benzene rings is 1. The van der Waals surface area contributed by atoms with Crippen LogP contribution in [0.2, 0.25) is 0 Å². The summed E-state index contributed by atoms with van der Waals surface area (Å²) in [5.41, 5.74) is 5.06. The van der Waals surface area contributed by atoms with Crippen molar-refractivity contribution in [2.24, 2.45) is 5.73 Å². The lowest BCUT2D eigenvalue weighted by Gasteiger charge is -2.32. The van der Waals surface area contributed by atoms with Crippen molar-refractivity contribution in [1.29, 1.82) is 0 Å². The quantitative estimate of drug-likeness (QED) is 0.737. The molecule has 0 spiro atoms. The fourth-order valence-electron chi connectivity index (χ4n) is 1.83. The Morgan fingerprint density at radius 3 is 2.25 bits per heavy atom. The number of amides is 1. The van der Waals surface area contributed by atoms with E-state index in [0.29, 0.717) is 12.0 Å². The number of aliphatic carboxylic acids is 1. The van der Waals surface area contributed by atoms with Crippen molar-refractivity contribution in [2.75, 3.05) is 0 Å². The lowest BCUT2D eigenvalue weighted by molar-refractivity contribution is -0.138. The van der Waals surface area contributed by atoms with Gasteiger partial charge in [-0.25, -0.2) is 0 Å². The van der Waals surface area contributed by atoms with Crippen LogP contribution in [-0.4, -0.2) is 22.5 Å². The number of hydrogen-bond donors (Lipinski definition) is 3. The highest BCUT2D eigenvalue weighted by Crippen LogP contribution is 2.20. The van der Waals surface area contributed by atoms with Crippen molar-refractivity contribution in [1.82, 2.24) is 5.32 Å². The molecule has 1 atom stereocenters. The number of hydrogen-bond acceptors (Lipinski definition) is 3. The number of carbonyl (C=O) groups excluding carboxylic acids is 1. The Balaban J connectivity index is 2.77. The molecular weight excluding hydrogens is 256 g/mol. The van der Waals surface area contributed by atoms with Gasteiger partial charge in [0.15, 0.2) is 0 Å². The maximum absolute atomic E-state index is 12.3. The molecule has 1 aromatic rings. The van der Waals surface area contributed by atoms with Crippen LogP contribution in [0.1, 0.15) is 39.2 Å². The monoisotopic (exact) mass is 278 g/mol. The van der Waals surface area contributed by atoms with Crippen LogP contribution in [0.3, 0.4) is 0 Å². The standard InChI is InChI=1S/C15H22N2O3/c1-14(2,10-9-12(18)19)17-13(20)15(3,16)11-7-5-4-6-8-11/h4-8H,9-10,16H2,1-3H3,(H,17,20)(H,18,19). The Morgan fingerprint density at radius 2 is 1.75 bits per heavy atom. The van der Waals surface area contributed by atoms with Crippen LogP contribution < -0.4 is 11.1 Å². The summed E-state index contributed by atoms with van der Waals surface area (Å²) in [6.07, 6.45) is 0.346. The Morgan fingerprint density at radius 1 is 1.20 bits per heavy atom. The second-order valence-electron chi connectivity index (χ2n) is 5.80. The van der Waals surface area contributed by atoms with Crippen molar-refractivity contribution >= 4 is 11.9 Å². The molecule has 0 fully saturated rings. The minimum atomic E-state index is -1.15. The molecule has 20 heavy (non-hydrogen) atoms. The van der Waals surface area contributed by atoms with Gasteiger partial charge in [-0.15, -0.1) is 0 Å². The minimum absolute atomic E-state index is 0.0000965. The molecule has 0 radical (unpaired) electrons. The fourth-order valence-corrected chi connectivity index (χ4v) is 1.83. The summed E-state index contributed by atoms with van der Waals surface area (Å²) in [5.74, 6) is -1.20.